The third-order valence-corrected chi connectivity index (χ3v) is 1.61. The summed E-state index contributed by atoms with van der Waals surface area (Å²) in [7, 11) is 0. The van der Waals surface area contributed by atoms with Gasteiger partial charge in [0.05, 0.1) is 0 Å². The minimum atomic E-state index is 0.560. The molecule has 1 aromatic carbocycles. The first-order valence-corrected chi connectivity index (χ1v) is 4.22. The summed E-state index contributed by atoms with van der Waals surface area (Å²) in [6.07, 6.45) is 1.79. The molecular weight excluding hydrogens is 160 g/mol. The monoisotopic (exact) mass is 174 g/mol. The molecule has 0 amide bonds. The van der Waals surface area contributed by atoms with Crippen molar-refractivity contribution in [2.75, 3.05) is 6.61 Å². The third-order valence-electron chi connectivity index (χ3n) is 1.61. The fourth-order valence-electron chi connectivity index (χ4n) is 0.982. The van der Waals surface area contributed by atoms with Crippen LogP contribution in [0, 0.1) is 0 Å². The van der Waals surface area contributed by atoms with Gasteiger partial charge in [0, 0.05) is 5.56 Å². The second-order valence-electron chi connectivity index (χ2n) is 2.99. The first kappa shape index (κ1) is 9.59. The second kappa shape index (κ2) is 4.51. The third kappa shape index (κ3) is 2.79. The van der Waals surface area contributed by atoms with E-state index in [0.29, 0.717) is 6.61 Å². The summed E-state index contributed by atoms with van der Waals surface area (Å²) in [5.74, 6) is 0.862. The lowest BCUT2D eigenvalue weighted by Gasteiger charge is -2.08. The molecule has 0 N–H and O–H groups in total. The highest BCUT2D eigenvalue weighted by Gasteiger charge is 1.97. The first-order chi connectivity index (χ1) is 6.24. The van der Waals surface area contributed by atoms with Crippen molar-refractivity contribution in [3.63, 3.8) is 0 Å². The van der Waals surface area contributed by atoms with Gasteiger partial charge in [0.1, 0.15) is 12.4 Å². The molecule has 0 unspecified atom stereocenters. The van der Waals surface area contributed by atoms with Gasteiger partial charge in [-0.3, -0.25) is 0 Å². The molecule has 0 saturated heterocycles. The summed E-state index contributed by atoms with van der Waals surface area (Å²) in [5, 5.41) is 0. The molecule has 13 heavy (non-hydrogen) atoms. The molecule has 0 bridgehead atoms. The van der Waals surface area contributed by atoms with Crippen molar-refractivity contribution < 1.29 is 4.74 Å². The molecule has 68 valence electrons. The van der Waals surface area contributed by atoms with Gasteiger partial charge in [-0.15, -0.1) is 0 Å². The van der Waals surface area contributed by atoms with Crippen LogP contribution in [0.2, 0.25) is 0 Å². The van der Waals surface area contributed by atoms with E-state index in [1.165, 1.54) is 0 Å². The zero-order valence-corrected chi connectivity index (χ0v) is 7.92. The number of hydrogen-bond acceptors (Lipinski definition) is 1. The van der Waals surface area contributed by atoms with Gasteiger partial charge in [-0.2, -0.15) is 0 Å². The Balaban J connectivity index is 2.75. The van der Waals surface area contributed by atoms with Crippen LogP contribution in [-0.2, 0) is 0 Å². The zero-order valence-electron chi connectivity index (χ0n) is 7.92. The largest absolute Gasteiger partial charge is 0.489 e. The Morgan fingerprint density at radius 3 is 2.77 bits per heavy atom. The van der Waals surface area contributed by atoms with Crippen LogP contribution in [0.5, 0.6) is 5.75 Å². The SMILES string of the molecule is C=Cc1ccccc1OCC(=C)C. The quantitative estimate of drug-likeness (QED) is 0.636. The summed E-state index contributed by atoms with van der Waals surface area (Å²) in [6, 6.07) is 7.81. The summed E-state index contributed by atoms with van der Waals surface area (Å²) in [4.78, 5) is 0. The van der Waals surface area contributed by atoms with E-state index in [2.05, 4.69) is 13.2 Å². The predicted molar refractivity (Wildman–Crippen MR) is 56.8 cm³/mol. The van der Waals surface area contributed by atoms with Crippen molar-refractivity contribution in [2.45, 2.75) is 6.92 Å². The predicted octanol–water partition coefficient (Wildman–Crippen LogP) is 3.28. The lowest BCUT2D eigenvalue weighted by molar-refractivity contribution is 0.352. The molecule has 0 radical (unpaired) electrons. The number of ether oxygens (including phenoxy) is 1. The van der Waals surface area contributed by atoms with E-state index in [1.807, 2.05) is 31.2 Å². The lowest BCUT2D eigenvalue weighted by Crippen LogP contribution is -1.98. The summed E-state index contributed by atoms with van der Waals surface area (Å²) in [5.41, 5.74) is 2.03. The van der Waals surface area contributed by atoms with Crippen LogP contribution in [-0.4, -0.2) is 6.61 Å². The summed E-state index contributed by atoms with van der Waals surface area (Å²) < 4.78 is 5.52. The molecule has 1 nitrogen and oxygen atoms in total. The van der Waals surface area contributed by atoms with Gasteiger partial charge in [-0.05, 0) is 18.6 Å². The van der Waals surface area contributed by atoms with Crippen molar-refractivity contribution in [3.8, 4) is 5.75 Å². The van der Waals surface area contributed by atoms with E-state index in [-0.39, 0.29) is 0 Å². The highest BCUT2D eigenvalue weighted by Crippen LogP contribution is 2.18. The maximum Gasteiger partial charge on any atom is 0.126 e. The molecular formula is C12H14O. The van der Waals surface area contributed by atoms with Crippen LogP contribution in [0.4, 0.5) is 0 Å². The fraction of sp³-hybridized carbons (Fsp3) is 0.167. The zero-order chi connectivity index (χ0) is 9.68. The van der Waals surface area contributed by atoms with E-state index < -0.39 is 0 Å². The molecule has 1 heteroatoms. The average Bonchev–Trinajstić information content (AvgIpc) is 2.15. The fourth-order valence-corrected chi connectivity index (χ4v) is 0.982. The Hall–Kier alpha value is -1.50. The van der Waals surface area contributed by atoms with Gasteiger partial charge in [0.25, 0.3) is 0 Å². The molecule has 0 fully saturated rings. The van der Waals surface area contributed by atoms with Crippen LogP contribution >= 0.6 is 0 Å². The Morgan fingerprint density at radius 1 is 1.46 bits per heavy atom. The topological polar surface area (TPSA) is 9.23 Å². The van der Waals surface area contributed by atoms with Gasteiger partial charge in [0.15, 0.2) is 0 Å². The van der Waals surface area contributed by atoms with E-state index in [0.717, 1.165) is 16.9 Å². The lowest BCUT2D eigenvalue weighted by atomic mass is 10.2. The Bertz CT molecular complexity index is 313. The van der Waals surface area contributed by atoms with Crippen molar-refractivity contribution in [1.29, 1.82) is 0 Å². The average molecular weight is 174 g/mol. The van der Waals surface area contributed by atoms with Gasteiger partial charge in [-0.1, -0.05) is 37.4 Å². The van der Waals surface area contributed by atoms with E-state index in [1.54, 1.807) is 6.08 Å². The molecule has 1 rings (SSSR count). The molecule has 1 aromatic rings. The van der Waals surface area contributed by atoms with Crippen molar-refractivity contribution in [3.05, 3.63) is 48.6 Å². The van der Waals surface area contributed by atoms with Crippen molar-refractivity contribution >= 4 is 6.08 Å². The Morgan fingerprint density at radius 2 is 2.15 bits per heavy atom. The Labute approximate surface area is 79.4 Å². The molecule has 0 spiro atoms. The smallest absolute Gasteiger partial charge is 0.126 e. The molecule has 0 aliphatic heterocycles. The highest BCUT2D eigenvalue weighted by atomic mass is 16.5. The van der Waals surface area contributed by atoms with Gasteiger partial charge < -0.3 is 4.74 Å². The maximum absolute atomic E-state index is 5.52. The second-order valence-corrected chi connectivity index (χ2v) is 2.99. The van der Waals surface area contributed by atoms with E-state index >= 15 is 0 Å². The number of rotatable bonds is 4. The van der Waals surface area contributed by atoms with E-state index in [4.69, 9.17) is 4.74 Å². The van der Waals surface area contributed by atoms with E-state index in [9.17, 15) is 0 Å². The Kier molecular flexibility index (Phi) is 3.32. The number of hydrogen-bond donors (Lipinski definition) is 0. The summed E-state index contributed by atoms with van der Waals surface area (Å²) >= 11 is 0. The number of para-hydroxylation sites is 1. The normalized spacial score (nSPS) is 9.31. The number of benzene rings is 1. The van der Waals surface area contributed by atoms with Crippen molar-refractivity contribution in [2.24, 2.45) is 0 Å². The van der Waals surface area contributed by atoms with Gasteiger partial charge in [-0.25, -0.2) is 0 Å². The molecule has 0 aliphatic rings. The molecule has 0 saturated carbocycles. The van der Waals surface area contributed by atoms with Crippen LogP contribution in [0.15, 0.2) is 43.0 Å². The van der Waals surface area contributed by atoms with Crippen LogP contribution in [0.25, 0.3) is 6.08 Å². The highest BCUT2D eigenvalue weighted by molar-refractivity contribution is 5.55. The molecule has 0 aromatic heterocycles. The minimum absolute atomic E-state index is 0.560. The van der Waals surface area contributed by atoms with Crippen LogP contribution in [0.1, 0.15) is 12.5 Å². The van der Waals surface area contributed by atoms with Crippen LogP contribution < -0.4 is 4.74 Å². The standard InChI is InChI=1S/C12H14O/c1-4-11-7-5-6-8-12(11)13-9-10(2)3/h4-8H,1-2,9H2,3H3. The van der Waals surface area contributed by atoms with Gasteiger partial charge >= 0.3 is 0 Å². The molecule has 0 atom stereocenters. The summed E-state index contributed by atoms with van der Waals surface area (Å²) in [6.45, 7) is 9.99. The molecule has 0 aliphatic carbocycles. The molecule has 0 heterocycles. The first-order valence-electron chi connectivity index (χ1n) is 4.22. The minimum Gasteiger partial charge on any atom is -0.489 e. The van der Waals surface area contributed by atoms with Crippen molar-refractivity contribution in [1.82, 2.24) is 0 Å². The maximum atomic E-state index is 5.52. The van der Waals surface area contributed by atoms with Crippen LogP contribution in [0.3, 0.4) is 0 Å². The van der Waals surface area contributed by atoms with Gasteiger partial charge in [0.2, 0.25) is 0 Å².